The van der Waals surface area contributed by atoms with Gasteiger partial charge in [-0.25, -0.2) is 18.7 Å². The standard InChI is InChI=1S/C23H25ClF2N4O4S/c1-14-20(21(31)29-23(2)6-8-35(3,32)9-7-23)28-19-5-4-16(12-30(14)19)34-22-17(33-13-18(25)26)10-15(24)11-27-22/h4-5,10-12,18H,3,6-9,13H2,1-2H3,(H,29,31). The Balaban J connectivity index is 1.55. The fraction of sp³-hybridized carbons (Fsp3) is 0.391. The van der Waals surface area contributed by atoms with Crippen LogP contribution < -0.4 is 14.8 Å². The molecule has 1 fully saturated rings. The highest BCUT2D eigenvalue weighted by Gasteiger charge is 2.33. The van der Waals surface area contributed by atoms with E-state index in [4.69, 9.17) is 21.1 Å². The van der Waals surface area contributed by atoms with Gasteiger partial charge in [0.05, 0.1) is 16.9 Å². The van der Waals surface area contributed by atoms with Gasteiger partial charge in [0.1, 0.15) is 23.7 Å². The molecular formula is C23H25ClF2N4O4S. The molecule has 0 radical (unpaired) electrons. The number of ether oxygens (including phenoxy) is 2. The lowest BCUT2D eigenvalue weighted by Gasteiger charge is -2.35. The van der Waals surface area contributed by atoms with Gasteiger partial charge >= 0.3 is 0 Å². The van der Waals surface area contributed by atoms with Crippen molar-refractivity contribution in [2.45, 2.75) is 38.7 Å². The number of hydrogen-bond acceptors (Lipinski definition) is 6. The van der Waals surface area contributed by atoms with Crippen molar-refractivity contribution in [1.82, 2.24) is 19.7 Å². The molecule has 0 atom stereocenters. The highest BCUT2D eigenvalue weighted by atomic mass is 35.5. The molecule has 1 amide bonds. The number of rotatable bonds is 7. The Morgan fingerprint density at radius 3 is 2.77 bits per heavy atom. The van der Waals surface area contributed by atoms with Gasteiger partial charge in [-0.3, -0.25) is 13.4 Å². The first-order valence-electron chi connectivity index (χ1n) is 10.8. The van der Waals surface area contributed by atoms with Crippen molar-refractivity contribution in [1.29, 1.82) is 0 Å². The number of aryl methyl sites for hydroxylation is 1. The lowest BCUT2D eigenvalue weighted by Crippen LogP contribution is -2.51. The van der Waals surface area contributed by atoms with Gasteiger partial charge in [0.25, 0.3) is 18.2 Å². The summed E-state index contributed by atoms with van der Waals surface area (Å²) in [5.41, 5.74) is 0.880. The van der Waals surface area contributed by atoms with Gasteiger partial charge in [-0.1, -0.05) is 11.6 Å². The van der Waals surface area contributed by atoms with E-state index in [0.29, 0.717) is 41.4 Å². The van der Waals surface area contributed by atoms with Crippen LogP contribution in [0.5, 0.6) is 17.4 Å². The second kappa shape index (κ2) is 9.62. The number of pyridine rings is 2. The van der Waals surface area contributed by atoms with Crippen molar-refractivity contribution in [3.05, 3.63) is 47.0 Å². The van der Waals surface area contributed by atoms with E-state index in [2.05, 4.69) is 21.2 Å². The average Bonchev–Trinajstić information content (AvgIpc) is 3.12. The number of carbonyl (C=O) groups excluding carboxylic acids is 1. The SMILES string of the molecule is C=S1(=O)CCC(C)(NC(=O)c2nc3ccc(Oc4ncc(Cl)cc4OCC(F)F)cn3c2C)CC1. The fourth-order valence-electron chi connectivity index (χ4n) is 3.78. The Hall–Kier alpha value is -2.92. The molecule has 1 N–H and O–H groups in total. The summed E-state index contributed by atoms with van der Waals surface area (Å²) >= 11 is 5.91. The van der Waals surface area contributed by atoms with Crippen LogP contribution in [0.3, 0.4) is 0 Å². The maximum atomic E-state index is 13.0. The number of halogens is 3. The van der Waals surface area contributed by atoms with Crippen LogP contribution in [0, 0.1) is 6.92 Å². The minimum atomic E-state index is -2.67. The molecule has 12 heteroatoms. The van der Waals surface area contributed by atoms with Crippen molar-refractivity contribution in [2.24, 2.45) is 0 Å². The van der Waals surface area contributed by atoms with Gasteiger partial charge in [0.15, 0.2) is 5.75 Å². The fourth-order valence-corrected chi connectivity index (χ4v) is 5.78. The van der Waals surface area contributed by atoms with E-state index in [0.717, 1.165) is 0 Å². The van der Waals surface area contributed by atoms with Gasteiger partial charge in [-0.05, 0) is 54.2 Å². The molecule has 8 nitrogen and oxygen atoms in total. The summed E-state index contributed by atoms with van der Waals surface area (Å²) in [6.45, 7) is 2.85. The maximum Gasteiger partial charge on any atom is 0.272 e. The molecule has 0 bridgehead atoms. The number of hydrogen-bond donors (Lipinski definition) is 1. The summed E-state index contributed by atoms with van der Waals surface area (Å²) in [6, 6.07) is 4.62. The van der Waals surface area contributed by atoms with Gasteiger partial charge in [-0.15, -0.1) is 0 Å². The van der Waals surface area contributed by atoms with E-state index in [9.17, 15) is 17.8 Å². The third kappa shape index (κ3) is 5.84. The zero-order valence-corrected chi connectivity index (χ0v) is 20.8. The topological polar surface area (TPSA) is 94.8 Å². The number of fused-ring (bicyclic) bond motifs is 1. The van der Waals surface area contributed by atoms with E-state index in [1.54, 1.807) is 29.7 Å². The Morgan fingerprint density at radius 2 is 2.09 bits per heavy atom. The number of carbonyl (C=O) groups is 1. The van der Waals surface area contributed by atoms with Crippen LogP contribution in [-0.4, -0.2) is 60.4 Å². The van der Waals surface area contributed by atoms with Gasteiger partial charge in [-0.2, -0.15) is 0 Å². The summed E-state index contributed by atoms with van der Waals surface area (Å²) in [5.74, 6) is 4.66. The Labute approximate surface area is 206 Å². The smallest absolute Gasteiger partial charge is 0.272 e. The molecule has 35 heavy (non-hydrogen) atoms. The number of aromatic nitrogens is 3. The molecule has 188 valence electrons. The summed E-state index contributed by atoms with van der Waals surface area (Å²) in [6.07, 6.45) is 1.41. The highest BCUT2D eigenvalue weighted by molar-refractivity contribution is 8.00. The van der Waals surface area contributed by atoms with Gasteiger partial charge in [0.2, 0.25) is 0 Å². The third-order valence-corrected chi connectivity index (χ3v) is 7.98. The monoisotopic (exact) mass is 526 g/mol. The molecule has 0 aliphatic carbocycles. The number of nitrogens with zero attached hydrogens (tertiary/aromatic N) is 3. The lowest BCUT2D eigenvalue weighted by molar-refractivity contribution is 0.0804. The third-order valence-electron chi connectivity index (χ3n) is 5.88. The van der Waals surface area contributed by atoms with E-state index in [1.807, 2.05) is 6.92 Å². The van der Waals surface area contributed by atoms with Crippen LogP contribution in [0.15, 0.2) is 30.6 Å². The Bertz CT molecular complexity index is 1360. The first-order chi connectivity index (χ1) is 16.4. The van der Waals surface area contributed by atoms with E-state index >= 15 is 0 Å². The zero-order valence-electron chi connectivity index (χ0n) is 19.2. The number of nitrogens with one attached hydrogen (secondary N) is 1. The first-order valence-corrected chi connectivity index (χ1v) is 13.3. The van der Waals surface area contributed by atoms with E-state index < -0.39 is 28.1 Å². The average molecular weight is 527 g/mol. The van der Waals surface area contributed by atoms with Gasteiger partial charge < -0.3 is 14.8 Å². The van der Waals surface area contributed by atoms with E-state index in [-0.39, 0.29) is 28.3 Å². The summed E-state index contributed by atoms with van der Waals surface area (Å²) in [7, 11) is -2.07. The van der Waals surface area contributed by atoms with Crippen LogP contribution in [0.4, 0.5) is 8.78 Å². The molecule has 1 saturated heterocycles. The van der Waals surface area contributed by atoms with Gasteiger partial charge in [0, 0.05) is 29.3 Å². The zero-order chi connectivity index (χ0) is 25.4. The number of imidazole rings is 1. The minimum absolute atomic E-state index is 0.0211. The van der Waals surface area contributed by atoms with Crippen molar-refractivity contribution in [2.75, 3.05) is 18.1 Å². The molecule has 0 spiro atoms. The Morgan fingerprint density at radius 1 is 1.37 bits per heavy atom. The largest absolute Gasteiger partial charge is 0.482 e. The van der Waals surface area contributed by atoms with Crippen LogP contribution in [-0.2, 0) is 9.52 Å². The molecule has 1 aliphatic rings. The molecule has 3 aromatic rings. The van der Waals surface area contributed by atoms with Crippen LogP contribution in [0.25, 0.3) is 5.65 Å². The summed E-state index contributed by atoms with van der Waals surface area (Å²) < 4.78 is 49.9. The highest BCUT2D eigenvalue weighted by Crippen LogP contribution is 2.32. The minimum Gasteiger partial charge on any atom is -0.482 e. The normalized spacial score (nSPS) is 22.3. The van der Waals surface area contributed by atoms with E-state index in [1.165, 1.54) is 12.3 Å². The lowest BCUT2D eigenvalue weighted by atomic mass is 9.94. The van der Waals surface area contributed by atoms with Crippen molar-refractivity contribution < 1.29 is 27.3 Å². The predicted molar refractivity (Wildman–Crippen MR) is 131 cm³/mol. The number of alkyl halides is 2. The molecule has 0 unspecified atom stereocenters. The summed E-state index contributed by atoms with van der Waals surface area (Å²) in [4.78, 5) is 21.5. The molecule has 0 aromatic carbocycles. The predicted octanol–water partition coefficient (Wildman–Crippen LogP) is 4.13. The molecular weight excluding hydrogens is 502 g/mol. The van der Waals surface area contributed by atoms with Crippen molar-refractivity contribution in [3.63, 3.8) is 0 Å². The molecule has 3 aromatic heterocycles. The second-order valence-corrected chi connectivity index (χ2v) is 12.0. The Kier molecular flexibility index (Phi) is 6.92. The van der Waals surface area contributed by atoms with Crippen molar-refractivity contribution in [3.8, 4) is 17.4 Å². The second-order valence-electron chi connectivity index (χ2n) is 8.79. The van der Waals surface area contributed by atoms with Crippen LogP contribution in [0.2, 0.25) is 5.02 Å². The molecule has 0 saturated carbocycles. The molecule has 1 aliphatic heterocycles. The quantitative estimate of drug-likeness (QED) is 0.465. The van der Waals surface area contributed by atoms with Crippen LogP contribution >= 0.6 is 11.6 Å². The molecule has 4 heterocycles. The first kappa shape index (κ1) is 25.2. The van der Waals surface area contributed by atoms with Crippen molar-refractivity contribution >= 4 is 38.5 Å². The maximum absolute atomic E-state index is 13.0. The summed E-state index contributed by atoms with van der Waals surface area (Å²) in [5, 5.41) is 3.25. The number of amides is 1. The van der Waals surface area contributed by atoms with Crippen LogP contribution in [0.1, 0.15) is 35.9 Å². The molecule has 4 rings (SSSR count).